The number of pyridine rings is 1. The summed E-state index contributed by atoms with van der Waals surface area (Å²) >= 11 is 12.0. The Labute approximate surface area is 121 Å². The minimum Gasteiger partial charge on any atom is -0.306 e. The highest BCUT2D eigenvalue weighted by molar-refractivity contribution is 6.36. The first kappa shape index (κ1) is 14.3. The van der Waals surface area contributed by atoms with E-state index in [4.69, 9.17) is 23.2 Å². The summed E-state index contributed by atoms with van der Waals surface area (Å²) in [6, 6.07) is 6.45. The van der Waals surface area contributed by atoms with Gasteiger partial charge in [-0.2, -0.15) is 0 Å². The van der Waals surface area contributed by atoms with Crippen molar-refractivity contribution in [1.29, 1.82) is 0 Å². The Morgan fingerprint density at radius 1 is 1.32 bits per heavy atom. The first-order chi connectivity index (χ1) is 9.09. The molecule has 0 saturated carbocycles. The molecule has 19 heavy (non-hydrogen) atoms. The maximum atomic E-state index is 13.5. The van der Waals surface area contributed by atoms with Crippen LogP contribution < -0.4 is 5.32 Å². The van der Waals surface area contributed by atoms with Crippen LogP contribution in [0, 0.1) is 5.82 Å². The summed E-state index contributed by atoms with van der Waals surface area (Å²) in [5.74, 6) is -0.462. The summed E-state index contributed by atoms with van der Waals surface area (Å²) in [5, 5.41) is 3.77. The van der Waals surface area contributed by atoms with E-state index < -0.39 is 5.82 Å². The van der Waals surface area contributed by atoms with Crippen molar-refractivity contribution in [2.75, 3.05) is 0 Å². The third-order valence-corrected chi connectivity index (χ3v) is 3.56. The molecule has 2 rings (SSSR count). The molecule has 5 heteroatoms. The SMILES string of the molecule is CC(NCc1cccnc1)c1c(Cl)ccc(F)c1Cl. The van der Waals surface area contributed by atoms with Crippen LogP contribution in [0.3, 0.4) is 0 Å². The van der Waals surface area contributed by atoms with Crippen molar-refractivity contribution in [2.24, 2.45) is 0 Å². The van der Waals surface area contributed by atoms with Crippen LogP contribution >= 0.6 is 23.2 Å². The predicted molar refractivity (Wildman–Crippen MR) is 75.9 cm³/mol. The lowest BCUT2D eigenvalue weighted by molar-refractivity contribution is 0.565. The van der Waals surface area contributed by atoms with E-state index in [0.717, 1.165) is 5.56 Å². The van der Waals surface area contributed by atoms with Crippen LogP contribution in [0.2, 0.25) is 10.0 Å². The van der Waals surface area contributed by atoms with E-state index in [9.17, 15) is 4.39 Å². The van der Waals surface area contributed by atoms with Gasteiger partial charge in [-0.05, 0) is 30.7 Å². The molecule has 1 aromatic heterocycles. The summed E-state index contributed by atoms with van der Waals surface area (Å²) < 4.78 is 13.5. The van der Waals surface area contributed by atoms with E-state index in [1.807, 2.05) is 19.1 Å². The number of nitrogens with zero attached hydrogens (tertiary/aromatic N) is 1. The van der Waals surface area contributed by atoms with E-state index in [1.165, 1.54) is 12.1 Å². The fourth-order valence-corrected chi connectivity index (χ4v) is 2.51. The van der Waals surface area contributed by atoms with E-state index in [2.05, 4.69) is 10.3 Å². The molecule has 1 aromatic carbocycles. The van der Waals surface area contributed by atoms with Crippen LogP contribution in [-0.2, 0) is 6.54 Å². The molecule has 0 aliphatic carbocycles. The van der Waals surface area contributed by atoms with Gasteiger partial charge in [0, 0.05) is 35.6 Å². The van der Waals surface area contributed by atoms with Crippen molar-refractivity contribution in [1.82, 2.24) is 10.3 Å². The molecule has 0 amide bonds. The van der Waals surface area contributed by atoms with Crippen molar-refractivity contribution in [3.05, 3.63) is 63.6 Å². The zero-order valence-corrected chi connectivity index (χ0v) is 11.8. The van der Waals surface area contributed by atoms with Gasteiger partial charge >= 0.3 is 0 Å². The quantitative estimate of drug-likeness (QED) is 0.848. The Bertz CT molecular complexity index is 561. The number of halogens is 3. The lowest BCUT2D eigenvalue weighted by Crippen LogP contribution is -2.19. The van der Waals surface area contributed by atoms with Crippen molar-refractivity contribution in [3.63, 3.8) is 0 Å². The number of aromatic nitrogens is 1. The van der Waals surface area contributed by atoms with E-state index in [1.54, 1.807) is 12.4 Å². The Balaban J connectivity index is 2.12. The second-order valence-electron chi connectivity index (χ2n) is 4.22. The molecular weight excluding hydrogens is 286 g/mol. The normalized spacial score (nSPS) is 12.4. The van der Waals surface area contributed by atoms with Crippen LogP contribution in [-0.4, -0.2) is 4.98 Å². The highest BCUT2D eigenvalue weighted by Gasteiger charge is 2.16. The van der Waals surface area contributed by atoms with Gasteiger partial charge < -0.3 is 5.32 Å². The molecule has 0 bridgehead atoms. The Hall–Kier alpha value is -1.16. The van der Waals surface area contributed by atoms with Gasteiger partial charge in [0.2, 0.25) is 0 Å². The van der Waals surface area contributed by atoms with Crippen LogP contribution in [0.15, 0.2) is 36.7 Å². The molecule has 1 atom stereocenters. The molecule has 0 fully saturated rings. The molecule has 2 aromatic rings. The first-order valence-electron chi connectivity index (χ1n) is 5.85. The maximum absolute atomic E-state index is 13.5. The molecule has 0 aliphatic rings. The lowest BCUT2D eigenvalue weighted by atomic mass is 10.1. The molecule has 1 N–H and O–H groups in total. The van der Waals surface area contributed by atoms with Gasteiger partial charge in [0.15, 0.2) is 0 Å². The van der Waals surface area contributed by atoms with Gasteiger partial charge in [-0.3, -0.25) is 4.98 Å². The molecule has 1 heterocycles. The fourth-order valence-electron chi connectivity index (χ4n) is 1.82. The summed E-state index contributed by atoms with van der Waals surface area (Å²) in [6.45, 7) is 2.50. The summed E-state index contributed by atoms with van der Waals surface area (Å²) in [4.78, 5) is 4.03. The first-order valence-corrected chi connectivity index (χ1v) is 6.61. The van der Waals surface area contributed by atoms with Crippen LogP contribution in [0.4, 0.5) is 4.39 Å². The van der Waals surface area contributed by atoms with Crippen LogP contribution in [0.25, 0.3) is 0 Å². The smallest absolute Gasteiger partial charge is 0.142 e. The fraction of sp³-hybridized carbons (Fsp3) is 0.214. The number of hydrogen-bond acceptors (Lipinski definition) is 2. The largest absolute Gasteiger partial charge is 0.306 e. The molecule has 0 saturated heterocycles. The maximum Gasteiger partial charge on any atom is 0.142 e. The van der Waals surface area contributed by atoms with E-state index in [0.29, 0.717) is 17.1 Å². The van der Waals surface area contributed by atoms with Crippen molar-refractivity contribution in [3.8, 4) is 0 Å². The van der Waals surface area contributed by atoms with Crippen molar-refractivity contribution >= 4 is 23.2 Å². The van der Waals surface area contributed by atoms with Crippen LogP contribution in [0.1, 0.15) is 24.1 Å². The number of benzene rings is 1. The molecule has 100 valence electrons. The monoisotopic (exact) mass is 298 g/mol. The van der Waals surface area contributed by atoms with Crippen LogP contribution in [0.5, 0.6) is 0 Å². The highest BCUT2D eigenvalue weighted by Crippen LogP contribution is 2.32. The summed E-state index contributed by atoms with van der Waals surface area (Å²) in [6.07, 6.45) is 3.49. The zero-order chi connectivity index (χ0) is 13.8. The summed E-state index contributed by atoms with van der Waals surface area (Å²) in [5.41, 5.74) is 1.62. The third-order valence-electron chi connectivity index (χ3n) is 2.85. The number of nitrogens with one attached hydrogen (secondary N) is 1. The number of hydrogen-bond donors (Lipinski definition) is 1. The third kappa shape index (κ3) is 3.44. The zero-order valence-electron chi connectivity index (χ0n) is 10.3. The van der Waals surface area contributed by atoms with Gasteiger partial charge in [-0.1, -0.05) is 29.3 Å². The van der Waals surface area contributed by atoms with E-state index >= 15 is 0 Å². The standard InChI is InChI=1S/C14H13Cl2FN2/c1-9(19-8-10-3-2-6-18-7-10)13-11(15)4-5-12(17)14(13)16/h2-7,9,19H,8H2,1H3. The van der Waals surface area contributed by atoms with Gasteiger partial charge in [0.25, 0.3) is 0 Å². The second kappa shape index (κ2) is 6.33. The van der Waals surface area contributed by atoms with Crippen molar-refractivity contribution in [2.45, 2.75) is 19.5 Å². The minimum atomic E-state index is -0.462. The molecule has 2 nitrogen and oxygen atoms in total. The van der Waals surface area contributed by atoms with Gasteiger partial charge in [0.05, 0.1) is 5.02 Å². The molecule has 1 unspecified atom stereocenters. The molecule has 0 spiro atoms. The second-order valence-corrected chi connectivity index (χ2v) is 5.01. The highest BCUT2D eigenvalue weighted by atomic mass is 35.5. The van der Waals surface area contributed by atoms with Crippen molar-refractivity contribution < 1.29 is 4.39 Å². The van der Waals surface area contributed by atoms with Gasteiger partial charge in [-0.25, -0.2) is 4.39 Å². The summed E-state index contributed by atoms with van der Waals surface area (Å²) in [7, 11) is 0. The average Bonchev–Trinajstić information content (AvgIpc) is 2.42. The molecule has 0 aliphatic heterocycles. The Morgan fingerprint density at radius 3 is 2.79 bits per heavy atom. The average molecular weight is 299 g/mol. The van der Waals surface area contributed by atoms with Gasteiger partial charge in [-0.15, -0.1) is 0 Å². The topological polar surface area (TPSA) is 24.9 Å². The molecule has 0 radical (unpaired) electrons. The Morgan fingerprint density at radius 2 is 2.11 bits per heavy atom. The predicted octanol–water partition coefficient (Wildman–Crippen LogP) is 4.38. The Kier molecular flexibility index (Phi) is 4.75. The lowest BCUT2D eigenvalue weighted by Gasteiger charge is -2.17. The molecular formula is C14H13Cl2FN2. The van der Waals surface area contributed by atoms with Gasteiger partial charge in [0.1, 0.15) is 5.82 Å². The minimum absolute atomic E-state index is 0.0682. The van der Waals surface area contributed by atoms with E-state index in [-0.39, 0.29) is 11.1 Å². The number of rotatable bonds is 4.